The van der Waals surface area contributed by atoms with Crippen molar-refractivity contribution in [1.29, 1.82) is 0 Å². The summed E-state index contributed by atoms with van der Waals surface area (Å²) in [6, 6.07) is 4.78. The first-order valence-electron chi connectivity index (χ1n) is 9.43. The van der Waals surface area contributed by atoms with E-state index in [1.807, 2.05) is 0 Å². The lowest BCUT2D eigenvalue weighted by molar-refractivity contribution is -0.234. The van der Waals surface area contributed by atoms with E-state index >= 15 is 0 Å². The second-order valence-corrected chi connectivity index (χ2v) is 9.77. The Hall–Kier alpha value is -1.17. The minimum absolute atomic E-state index is 0.227. The number of hydrogen-bond acceptors (Lipinski definition) is 7. The molecular formula is C19H29N5O4-2. The van der Waals surface area contributed by atoms with Crippen LogP contribution in [-0.2, 0) is 10.4 Å². The molecule has 2 radical (unpaired) electrons. The van der Waals surface area contributed by atoms with E-state index in [2.05, 4.69) is 4.98 Å². The SMILES string of the molecule is CC1(C)N([O])C(c2cccc(C3N([O])C(C)(C)C(C)(C)N3[O-])n2)N([O-])C1(C)C. The summed E-state index contributed by atoms with van der Waals surface area (Å²) in [4.78, 5) is 4.43. The van der Waals surface area contributed by atoms with E-state index < -0.39 is 34.5 Å². The maximum Gasteiger partial charge on any atom is 0.123 e. The molecule has 1 aromatic heterocycles. The van der Waals surface area contributed by atoms with Gasteiger partial charge in [-0.3, -0.25) is 4.98 Å². The van der Waals surface area contributed by atoms with Crippen molar-refractivity contribution >= 4 is 0 Å². The van der Waals surface area contributed by atoms with Crippen molar-refractivity contribution in [3.05, 3.63) is 40.0 Å². The highest BCUT2D eigenvalue weighted by atomic mass is 16.6. The first kappa shape index (κ1) is 21.5. The fourth-order valence-electron chi connectivity index (χ4n) is 3.73. The summed E-state index contributed by atoms with van der Waals surface area (Å²) >= 11 is 0. The lowest BCUT2D eigenvalue weighted by Crippen LogP contribution is -2.51. The van der Waals surface area contributed by atoms with E-state index in [1.165, 1.54) is 0 Å². The van der Waals surface area contributed by atoms with Gasteiger partial charge in [0.2, 0.25) is 0 Å². The lowest BCUT2D eigenvalue weighted by Gasteiger charge is -2.44. The van der Waals surface area contributed by atoms with Crippen LogP contribution < -0.4 is 0 Å². The highest BCUT2D eigenvalue weighted by Crippen LogP contribution is 2.50. The molecule has 2 aliphatic rings. The third-order valence-corrected chi connectivity index (χ3v) is 7.41. The van der Waals surface area contributed by atoms with Crippen molar-refractivity contribution in [2.75, 3.05) is 0 Å². The van der Waals surface area contributed by atoms with Crippen LogP contribution in [0.3, 0.4) is 0 Å². The number of nitrogens with zero attached hydrogens (tertiary/aromatic N) is 5. The predicted molar refractivity (Wildman–Crippen MR) is 101 cm³/mol. The largest absolute Gasteiger partial charge is 0.783 e. The van der Waals surface area contributed by atoms with Crippen LogP contribution in [-0.4, -0.2) is 47.4 Å². The molecule has 28 heavy (non-hydrogen) atoms. The molecule has 0 amide bonds. The fraction of sp³-hybridized carbons (Fsp3) is 0.737. The van der Waals surface area contributed by atoms with E-state index in [9.17, 15) is 20.8 Å². The molecule has 2 saturated heterocycles. The molecule has 3 rings (SSSR count). The highest BCUT2D eigenvalue weighted by Gasteiger charge is 2.57. The van der Waals surface area contributed by atoms with E-state index in [4.69, 9.17) is 0 Å². The number of aromatic nitrogens is 1. The quantitative estimate of drug-likeness (QED) is 0.761. The second kappa shape index (κ2) is 6.16. The predicted octanol–water partition coefficient (Wildman–Crippen LogP) is 3.12. The van der Waals surface area contributed by atoms with Crippen molar-refractivity contribution in [2.45, 2.75) is 89.9 Å². The summed E-state index contributed by atoms with van der Waals surface area (Å²) in [6.45, 7) is 13.7. The lowest BCUT2D eigenvalue weighted by atomic mass is 9.84. The summed E-state index contributed by atoms with van der Waals surface area (Å²) in [7, 11) is 0. The number of hydrogen-bond donors (Lipinski definition) is 0. The molecule has 0 N–H and O–H groups in total. The summed E-state index contributed by atoms with van der Waals surface area (Å²) in [5.74, 6) is 0. The van der Waals surface area contributed by atoms with Crippen LogP contribution in [0.5, 0.6) is 0 Å². The first-order chi connectivity index (χ1) is 12.6. The summed E-state index contributed by atoms with van der Waals surface area (Å²) in [6.07, 6.45) is -2.29. The van der Waals surface area contributed by atoms with E-state index in [-0.39, 0.29) is 11.4 Å². The Morgan fingerprint density at radius 3 is 1.29 bits per heavy atom. The Balaban J connectivity index is 2.03. The number of rotatable bonds is 2. The smallest absolute Gasteiger partial charge is 0.123 e. The molecule has 3 heterocycles. The minimum Gasteiger partial charge on any atom is -0.783 e. The Morgan fingerprint density at radius 2 is 1.04 bits per heavy atom. The van der Waals surface area contributed by atoms with Gasteiger partial charge >= 0.3 is 0 Å². The van der Waals surface area contributed by atoms with Crippen LogP contribution in [0.2, 0.25) is 0 Å². The van der Waals surface area contributed by atoms with Gasteiger partial charge in [-0.25, -0.2) is 0 Å². The zero-order valence-electron chi connectivity index (χ0n) is 17.8. The molecule has 0 atom stereocenters. The number of hydroxylamine groups is 8. The van der Waals surface area contributed by atoms with Crippen molar-refractivity contribution in [2.24, 2.45) is 0 Å². The molecule has 0 bridgehead atoms. The molecule has 2 aliphatic heterocycles. The second-order valence-electron chi connectivity index (χ2n) is 9.77. The van der Waals surface area contributed by atoms with Crippen LogP contribution in [0.4, 0.5) is 0 Å². The van der Waals surface area contributed by atoms with Gasteiger partial charge in [-0.2, -0.15) is 0 Å². The minimum atomic E-state index is -1.15. The fourth-order valence-corrected chi connectivity index (χ4v) is 3.73. The van der Waals surface area contributed by atoms with Gasteiger partial charge < -0.3 is 20.5 Å². The Labute approximate surface area is 166 Å². The Morgan fingerprint density at radius 1 is 0.714 bits per heavy atom. The monoisotopic (exact) mass is 391 g/mol. The average molecular weight is 391 g/mol. The highest BCUT2D eigenvalue weighted by molar-refractivity contribution is 5.24. The van der Waals surface area contributed by atoms with Crippen LogP contribution in [0.1, 0.15) is 79.1 Å². The molecule has 2 fully saturated rings. The zero-order valence-corrected chi connectivity index (χ0v) is 17.8. The molecule has 156 valence electrons. The maximum absolute atomic E-state index is 12.9. The first-order valence-corrected chi connectivity index (χ1v) is 9.43. The van der Waals surface area contributed by atoms with Gasteiger partial charge in [-0.1, -0.05) is 6.07 Å². The van der Waals surface area contributed by atoms with Crippen LogP contribution >= 0.6 is 0 Å². The molecule has 9 nitrogen and oxygen atoms in total. The number of pyridine rings is 1. The van der Waals surface area contributed by atoms with Crippen LogP contribution in [0.25, 0.3) is 0 Å². The normalized spacial score (nSPS) is 32.9. The van der Waals surface area contributed by atoms with Crippen molar-refractivity contribution in [3.8, 4) is 0 Å². The third kappa shape index (κ3) is 2.52. The third-order valence-electron chi connectivity index (χ3n) is 7.41. The molecule has 0 aliphatic carbocycles. The van der Waals surface area contributed by atoms with Crippen LogP contribution in [0, 0.1) is 10.4 Å². The molecule has 1 aromatic rings. The summed E-state index contributed by atoms with van der Waals surface area (Å²) in [5.41, 5.74) is -3.31. The average Bonchev–Trinajstić information content (AvgIpc) is 2.79. The molecule has 0 unspecified atom stereocenters. The van der Waals surface area contributed by atoms with E-state index in [1.54, 1.807) is 73.6 Å². The Kier molecular flexibility index (Phi) is 4.74. The molecule has 0 spiro atoms. The summed E-state index contributed by atoms with van der Waals surface area (Å²) < 4.78 is 0. The van der Waals surface area contributed by atoms with Crippen LogP contribution in [0.15, 0.2) is 18.2 Å². The van der Waals surface area contributed by atoms with Crippen molar-refractivity contribution in [3.63, 3.8) is 0 Å². The topological polar surface area (TPSA) is 112 Å². The van der Waals surface area contributed by atoms with Gasteiger partial charge in [0, 0.05) is 11.1 Å². The molecule has 9 heteroatoms. The van der Waals surface area contributed by atoms with E-state index in [0.717, 1.165) is 20.3 Å². The van der Waals surface area contributed by atoms with Crippen molar-refractivity contribution in [1.82, 2.24) is 25.2 Å². The maximum atomic E-state index is 12.9. The Bertz CT molecular complexity index is 667. The molecule has 0 aromatic carbocycles. The van der Waals surface area contributed by atoms with Gasteiger partial charge in [0.25, 0.3) is 0 Å². The van der Waals surface area contributed by atoms with Gasteiger partial charge in [-0.05, 0) is 67.5 Å². The standard InChI is InChI=1S/C19H29N5O4/c1-16(2)17(3,4)22(26)14(21(16)25)12-10-9-11-13(20-12)15-23(27)18(5,6)19(7,8)24(15)28/h9-11,14-15H,1-8H3/q-2. The van der Waals surface area contributed by atoms with E-state index in [0.29, 0.717) is 0 Å². The molecule has 0 saturated carbocycles. The van der Waals surface area contributed by atoms with Gasteiger partial charge in [0.1, 0.15) is 12.3 Å². The van der Waals surface area contributed by atoms with Gasteiger partial charge in [0.05, 0.1) is 22.5 Å². The summed E-state index contributed by atoms with van der Waals surface area (Å²) in [5, 5.41) is 54.6. The van der Waals surface area contributed by atoms with Crippen molar-refractivity contribution < 1.29 is 10.4 Å². The van der Waals surface area contributed by atoms with Gasteiger partial charge in [-0.15, -0.1) is 20.5 Å². The van der Waals surface area contributed by atoms with Gasteiger partial charge in [0.15, 0.2) is 0 Å². The zero-order chi connectivity index (χ0) is 21.4. The molecular weight excluding hydrogens is 362 g/mol.